The van der Waals surface area contributed by atoms with E-state index in [0.29, 0.717) is 19.5 Å². The number of carbonyl (C=O) groups is 2. The quantitative estimate of drug-likeness (QED) is 0.863. The third-order valence-electron chi connectivity index (χ3n) is 3.83. The van der Waals surface area contributed by atoms with E-state index >= 15 is 0 Å². The molecule has 1 saturated heterocycles. The van der Waals surface area contributed by atoms with Crippen molar-refractivity contribution in [3.8, 4) is 0 Å². The maximum absolute atomic E-state index is 12.8. The highest BCUT2D eigenvalue weighted by atomic mass is 35.5. The van der Waals surface area contributed by atoms with Gasteiger partial charge in [-0.25, -0.2) is 0 Å². The van der Waals surface area contributed by atoms with Crippen molar-refractivity contribution < 1.29 is 22.8 Å². The van der Waals surface area contributed by atoms with Crippen LogP contribution >= 0.6 is 11.6 Å². The molecule has 3 N–H and O–H groups in total. The molecular weight excluding hydrogens is 347 g/mol. The fourth-order valence-electron chi connectivity index (χ4n) is 2.66. The first-order chi connectivity index (χ1) is 11.2. The molecule has 0 aliphatic carbocycles. The van der Waals surface area contributed by atoms with Crippen LogP contribution in [0.2, 0.25) is 5.02 Å². The standard InChI is InChI=1S/C15H17ClF3N3O2/c16-12-4-3-10(6-11(12)15(17,18)19)21-13(23)8-22-5-1-2-9(7-22)14(20)24/h3-4,6,9H,1-2,5,7-8H2,(H2,20,24)(H,21,23)/t9-/m0/s1. The van der Waals surface area contributed by atoms with Crippen LogP contribution in [0.5, 0.6) is 0 Å². The molecule has 1 aliphatic heterocycles. The smallest absolute Gasteiger partial charge is 0.369 e. The lowest BCUT2D eigenvalue weighted by molar-refractivity contribution is -0.137. The Morgan fingerprint density at radius 3 is 2.71 bits per heavy atom. The molecule has 0 spiro atoms. The summed E-state index contributed by atoms with van der Waals surface area (Å²) < 4.78 is 38.4. The summed E-state index contributed by atoms with van der Waals surface area (Å²) in [5.41, 5.74) is 4.28. The van der Waals surface area contributed by atoms with Gasteiger partial charge < -0.3 is 11.1 Å². The van der Waals surface area contributed by atoms with E-state index in [9.17, 15) is 22.8 Å². The van der Waals surface area contributed by atoms with Crippen molar-refractivity contribution in [1.29, 1.82) is 0 Å². The minimum absolute atomic E-state index is 0.0141. The Balaban J connectivity index is 1.99. The van der Waals surface area contributed by atoms with Crippen molar-refractivity contribution in [3.63, 3.8) is 0 Å². The molecule has 0 saturated carbocycles. The Kier molecular flexibility index (Phi) is 5.71. The first kappa shape index (κ1) is 18.5. The van der Waals surface area contributed by atoms with Crippen LogP contribution in [0.3, 0.4) is 0 Å². The summed E-state index contributed by atoms with van der Waals surface area (Å²) in [6, 6.07) is 3.19. The highest BCUT2D eigenvalue weighted by molar-refractivity contribution is 6.31. The van der Waals surface area contributed by atoms with Gasteiger partial charge in [0.05, 0.1) is 23.0 Å². The number of nitrogens with one attached hydrogen (secondary N) is 1. The van der Waals surface area contributed by atoms with Crippen molar-refractivity contribution in [1.82, 2.24) is 4.90 Å². The predicted octanol–water partition coefficient (Wildman–Crippen LogP) is 2.49. The van der Waals surface area contributed by atoms with Crippen LogP contribution in [0.4, 0.5) is 18.9 Å². The van der Waals surface area contributed by atoms with Crippen molar-refractivity contribution in [2.75, 3.05) is 25.0 Å². The van der Waals surface area contributed by atoms with Crippen LogP contribution in [0.1, 0.15) is 18.4 Å². The molecule has 5 nitrogen and oxygen atoms in total. The van der Waals surface area contributed by atoms with Crippen molar-refractivity contribution >= 4 is 29.1 Å². The van der Waals surface area contributed by atoms with Gasteiger partial charge in [-0.3, -0.25) is 14.5 Å². The van der Waals surface area contributed by atoms with Gasteiger partial charge in [-0.1, -0.05) is 11.6 Å². The van der Waals surface area contributed by atoms with E-state index in [1.807, 2.05) is 0 Å². The van der Waals surface area contributed by atoms with Gasteiger partial charge in [0.1, 0.15) is 0 Å². The number of likely N-dealkylation sites (tertiary alicyclic amines) is 1. The summed E-state index contributed by atoms with van der Waals surface area (Å²) in [6.07, 6.45) is -3.18. The molecule has 2 rings (SSSR count). The van der Waals surface area contributed by atoms with E-state index in [0.717, 1.165) is 18.6 Å². The van der Waals surface area contributed by atoms with E-state index in [2.05, 4.69) is 5.32 Å². The zero-order chi connectivity index (χ0) is 17.9. The summed E-state index contributed by atoms with van der Waals surface area (Å²) in [6.45, 7) is 0.983. The third-order valence-corrected chi connectivity index (χ3v) is 4.16. The number of nitrogens with zero attached hydrogens (tertiary/aromatic N) is 1. The molecule has 1 fully saturated rings. The average Bonchev–Trinajstić information content (AvgIpc) is 2.48. The number of piperidine rings is 1. The molecule has 1 atom stereocenters. The van der Waals surface area contributed by atoms with Gasteiger partial charge in [0.15, 0.2) is 0 Å². The molecule has 24 heavy (non-hydrogen) atoms. The minimum Gasteiger partial charge on any atom is -0.369 e. The van der Waals surface area contributed by atoms with Crippen molar-refractivity contribution in [2.45, 2.75) is 19.0 Å². The first-order valence-electron chi connectivity index (χ1n) is 7.35. The summed E-state index contributed by atoms with van der Waals surface area (Å²) in [7, 11) is 0. The lowest BCUT2D eigenvalue weighted by atomic mass is 9.97. The molecule has 0 bridgehead atoms. The number of alkyl halides is 3. The van der Waals surface area contributed by atoms with E-state index in [4.69, 9.17) is 17.3 Å². The summed E-state index contributed by atoms with van der Waals surface area (Å²) in [5.74, 6) is -1.18. The molecule has 1 heterocycles. The van der Waals surface area contributed by atoms with Gasteiger partial charge in [-0.15, -0.1) is 0 Å². The molecule has 9 heteroatoms. The molecule has 0 radical (unpaired) electrons. The van der Waals surface area contributed by atoms with E-state index in [-0.39, 0.29) is 18.2 Å². The monoisotopic (exact) mass is 363 g/mol. The zero-order valence-electron chi connectivity index (χ0n) is 12.7. The molecule has 1 aromatic rings. The number of carbonyl (C=O) groups excluding carboxylic acids is 2. The Labute approximate surface area is 141 Å². The maximum atomic E-state index is 12.8. The van der Waals surface area contributed by atoms with Crippen LogP contribution in [0.15, 0.2) is 18.2 Å². The summed E-state index contributed by atoms with van der Waals surface area (Å²) in [5, 5.41) is 1.99. The Hall–Kier alpha value is -1.80. The molecule has 132 valence electrons. The number of halogens is 4. The minimum atomic E-state index is -4.60. The van der Waals surface area contributed by atoms with Crippen LogP contribution in [-0.4, -0.2) is 36.3 Å². The third kappa shape index (κ3) is 4.85. The molecule has 1 aliphatic rings. The second-order valence-corrected chi connectivity index (χ2v) is 6.12. The molecule has 2 amide bonds. The normalized spacial score (nSPS) is 19.1. The van der Waals surface area contributed by atoms with Crippen LogP contribution < -0.4 is 11.1 Å². The predicted molar refractivity (Wildman–Crippen MR) is 83.4 cm³/mol. The van der Waals surface area contributed by atoms with Crippen LogP contribution in [0, 0.1) is 5.92 Å². The van der Waals surface area contributed by atoms with Crippen molar-refractivity contribution in [2.24, 2.45) is 11.7 Å². The topological polar surface area (TPSA) is 75.4 Å². The van der Waals surface area contributed by atoms with Gasteiger partial charge in [0, 0.05) is 12.2 Å². The van der Waals surface area contributed by atoms with Gasteiger partial charge in [0.25, 0.3) is 0 Å². The van der Waals surface area contributed by atoms with Gasteiger partial charge in [-0.2, -0.15) is 13.2 Å². The van der Waals surface area contributed by atoms with E-state index < -0.39 is 28.6 Å². The number of primary amides is 1. The number of benzene rings is 1. The molecule has 1 aromatic carbocycles. The summed E-state index contributed by atoms with van der Waals surface area (Å²) >= 11 is 5.53. The fourth-order valence-corrected chi connectivity index (χ4v) is 2.88. The molecule has 0 unspecified atom stereocenters. The van der Waals surface area contributed by atoms with Crippen molar-refractivity contribution in [3.05, 3.63) is 28.8 Å². The number of anilines is 1. The SMILES string of the molecule is NC(=O)[C@H]1CCCN(CC(=O)Nc2ccc(Cl)c(C(F)(F)F)c2)C1. The molecule has 0 aromatic heterocycles. The van der Waals surface area contributed by atoms with Gasteiger partial charge in [0.2, 0.25) is 11.8 Å². The maximum Gasteiger partial charge on any atom is 0.417 e. The Morgan fingerprint density at radius 2 is 2.08 bits per heavy atom. The lowest BCUT2D eigenvalue weighted by Crippen LogP contribution is -2.44. The highest BCUT2D eigenvalue weighted by Gasteiger charge is 2.33. The Bertz CT molecular complexity index is 637. The number of hydrogen-bond acceptors (Lipinski definition) is 3. The summed E-state index contributed by atoms with van der Waals surface area (Å²) in [4.78, 5) is 25.0. The number of rotatable bonds is 4. The number of hydrogen-bond donors (Lipinski definition) is 2. The molecular formula is C15H17ClF3N3O2. The largest absolute Gasteiger partial charge is 0.417 e. The van der Waals surface area contributed by atoms with Crippen LogP contribution in [-0.2, 0) is 15.8 Å². The van der Waals surface area contributed by atoms with E-state index in [1.54, 1.807) is 4.90 Å². The van der Waals surface area contributed by atoms with Crippen LogP contribution in [0.25, 0.3) is 0 Å². The van der Waals surface area contributed by atoms with Gasteiger partial charge in [-0.05, 0) is 37.6 Å². The number of amides is 2. The highest BCUT2D eigenvalue weighted by Crippen LogP contribution is 2.36. The second-order valence-electron chi connectivity index (χ2n) is 5.72. The fraction of sp³-hybridized carbons (Fsp3) is 0.467. The lowest BCUT2D eigenvalue weighted by Gasteiger charge is -2.30. The first-order valence-corrected chi connectivity index (χ1v) is 7.73. The Morgan fingerprint density at radius 1 is 1.38 bits per heavy atom. The number of nitrogens with two attached hydrogens (primary N) is 1. The second kappa shape index (κ2) is 7.40. The average molecular weight is 364 g/mol. The zero-order valence-corrected chi connectivity index (χ0v) is 13.5. The van der Waals surface area contributed by atoms with E-state index in [1.165, 1.54) is 6.07 Å². The van der Waals surface area contributed by atoms with Gasteiger partial charge >= 0.3 is 6.18 Å².